The highest BCUT2D eigenvalue weighted by Gasteiger charge is 2.05. The second-order valence-corrected chi connectivity index (χ2v) is 9.77. The molecule has 0 aliphatic rings. The van der Waals surface area contributed by atoms with Crippen LogP contribution in [0, 0.1) is 11.8 Å². The first kappa shape index (κ1) is 36.1. The smallest absolute Gasteiger partial charge is 0.133 e. The van der Waals surface area contributed by atoms with Crippen LogP contribution in [-0.4, -0.2) is 104 Å². The van der Waals surface area contributed by atoms with E-state index in [0.29, 0.717) is 142 Å². The fourth-order valence-electron chi connectivity index (χ4n) is 3.28. The van der Waals surface area contributed by atoms with Gasteiger partial charge >= 0.3 is 0 Å². The van der Waals surface area contributed by atoms with E-state index in [1.54, 1.807) is 0 Å². The Hall–Kier alpha value is -0.940. The lowest BCUT2D eigenvalue weighted by molar-refractivity contribution is -0.121. The topological polar surface area (TPSA) is 98.8 Å². The van der Waals surface area contributed by atoms with Gasteiger partial charge in [-0.05, 0) is 24.7 Å². The molecule has 37 heavy (non-hydrogen) atoms. The zero-order valence-corrected chi connectivity index (χ0v) is 24.0. The monoisotopic (exact) mass is 534 g/mol. The number of rotatable bonds is 30. The molecule has 0 aliphatic heterocycles. The summed E-state index contributed by atoms with van der Waals surface area (Å²) in [7, 11) is 0. The molecular weight excluding hydrogens is 480 g/mol. The zero-order chi connectivity index (χ0) is 27.4. The molecule has 0 atom stereocenters. The number of hydrogen-bond acceptors (Lipinski definition) is 9. The molecule has 0 aliphatic carbocycles. The average Bonchev–Trinajstić information content (AvgIpc) is 2.83. The van der Waals surface area contributed by atoms with Crippen molar-refractivity contribution in [3.05, 3.63) is 0 Å². The van der Waals surface area contributed by atoms with Gasteiger partial charge in [0.05, 0.1) is 79.3 Å². The SMILES string of the molecule is CC(C)CC(=O)CCCOCCOCCOCCOCCOCCOCCOCCCC(=O)CC(C)C. The van der Waals surface area contributed by atoms with Crippen molar-refractivity contribution in [2.45, 2.75) is 66.2 Å². The third-order valence-corrected chi connectivity index (χ3v) is 4.99. The molecule has 0 bridgehead atoms. The molecule has 0 aromatic carbocycles. The van der Waals surface area contributed by atoms with Crippen molar-refractivity contribution in [3.63, 3.8) is 0 Å². The van der Waals surface area contributed by atoms with Crippen molar-refractivity contribution in [1.29, 1.82) is 0 Å². The number of Topliss-reactive ketones (excluding diaryl/α,β-unsaturated/α-hetero) is 2. The molecule has 0 amide bonds. The van der Waals surface area contributed by atoms with E-state index in [1.807, 2.05) is 0 Å². The summed E-state index contributed by atoms with van der Waals surface area (Å²) in [5.74, 6) is 1.47. The number of carbonyl (C=O) groups excluding carboxylic acids is 2. The summed E-state index contributed by atoms with van der Waals surface area (Å²) in [4.78, 5) is 23.2. The highest BCUT2D eigenvalue weighted by atomic mass is 16.6. The van der Waals surface area contributed by atoms with E-state index in [0.717, 1.165) is 12.8 Å². The maximum atomic E-state index is 11.6. The summed E-state index contributed by atoms with van der Waals surface area (Å²) in [6.07, 6.45) is 4.04. The molecule has 9 nitrogen and oxygen atoms in total. The van der Waals surface area contributed by atoms with Gasteiger partial charge in [0, 0.05) is 38.9 Å². The number of ether oxygens (including phenoxy) is 7. The highest BCUT2D eigenvalue weighted by Crippen LogP contribution is 2.05. The van der Waals surface area contributed by atoms with Crippen molar-refractivity contribution in [3.8, 4) is 0 Å². The second-order valence-electron chi connectivity index (χ2n) is 9.77. The van der Waals surface area contributed by atoms with Gasteiger partial charge in [-0.15, -0.1) is 0 Å². The summed E-state index contributed by atoms with van der Waals surface area (Å²) in [6, 6.07) is 0. The molecule has 0 fully saturated rings. The Morgan fingerprint density at radius 2 is 0.622 bits per heavy atom. The van der Waals surface area contributed by atoms with E-state index < -0.39 is 0 Å². The number of carbonyl (C=O) groups is 2. The van der Waals surface area contributed by atoms with Gasteiger partial charge in [0.2, 0.25) is 0 Å². The zero-order valence-electron chi connectivity index (χ0n) is 24.0. The normalized spacial score (nSPS) is 11.6. The lowest BCUT2D eigenvalue weighted by Gasteiger charge is -2.08. The maximum absolute atomic E-state index is 11.6. The molecule has 0 aromatic heterocycles. The van der Waals surface area contributed by atoms with Crippen LogP contribution in [0.3, 0.4) is 0 Å². The van der Waals surface area contributed by atoms with Crippen LogP contribution < -0.4 is 0 Å². The maximum Gasteiger partial charge on any atom is 0.133 e. The van der Waals surface area contributed by atoms with Crippen LogP contribution in [0.4, 0.5) is 0 Å². The summed E-state index contributed by atoms with van der Waals surface area (Å²) >= 11 is 0. The second kappa shape index (κ2) is 28.1. The lowest BCUT2D eigenvalue weighted by Crippen LogP contribution is -2.14. The van der Waals surface area contributed by atoms with Crippen molar-refractivity contribution in [2.75, 3.05) is 92.5 Å². The molecule has 0 spiro atoms. The Morgan fingerprint density at radius 3 is 0.838 bits per heavy atom. The Bertz CT molecular complexity index is 468. The molecule has 0 N–H and O–H groups in total. The summed E-state index contributed by atoms with van der Waals surface area (Å²) in [5, 5.41) is 0. The Labute approximate surface area is 225 Å². The van der Waals surface area contributed by atoms with Crippen molar-refractivity contribution < 1.29 is 42.7 Å². The minimum atomic E-state index is 0.311. The molecule has 0 radical (unpaired) electrons. The Morgan fingerprint density at radius 1 is 0.405 bits per heavy atom. The third-order valence-electron chi connectivity index (χ3n) is 4.99. The van der Waals surface area contributed by atoms with Gasteiger partial charge in [-0.25, -0.2) is 0 Å². The number of ketones is 2. The van der Waals surface area contributed by atoms with Gasteiger partial charge in [-0.2, -0.15) is 0 Å². The van der Waals surface area contributed by atoms with E-state index in [9.17, 15) is 9.59 Å². The van der Waals surface area contributed by atoms with Crippen LogP contribution in [0.25, 0.3) is 0 Å². The largest absolute Gasteiger partial charge is 0.379 e. The van der Waals surface area contributed by atoms with Crippen LogP contribution >= 0.6 is 0 Å². The Balaban J connectivity index is 3.12. The summed E-state index contributed by atoms with van der Waals surface area (Å²) in [6.45, 7) is 15.6. The standard InChI is InChI=1S/C28H54O9/c1-25(2)23-27(29)7-5-9-31-11-13-33-15-17-35-19-21-37-22-20-36-18-16-34-14-12-32-10-6-8-28(30)24-26(3)4/h25-26H,5-24H2,1-4H3. The van der Waals surface area contributed by atoms with Crippen LogP contribution in [0.1, 0.15) is 66.2 Å². The molecule has 220 valence electrons. The molecule has 9 heteroatoms. The van der Waals surface area contributed by atoms with E-state index >= 15 is 0 Å². The van der Waals surface area contributed by atoms with Crippen LogP contribution in [0.15, 0.2) is 0 Å². The van der Waals surface area contributed by atoms with Gasteiger partial charge in [0.25, 0.3) is 0 Å². The fourth-order valence-corrected chi connectivity index (χ4v) is 3.28. The molecule has 0 saturated carbocycles. The predicted molar refractivity (Wildman–Crippen MR) is 143 cm³/mol. The van der Waals surface area contributed by atoms with Crippen LogP contribution in [-0.2, 0) is 42.7 Å². The van der Waals surface area contributed by atoms with Gasteiger partial charge in [-0.1, -0.05) is 27.7 Å². The van der Waals surface area contributed by atoms with Gasteiger partial charge in [-0.3, -0.25) is 9.59 Å². The van der Waals surface area contributed by atoms with E-state index in [1.165, 1.54) is 0 Å². The first-order chi connectivity index (χ1) is 17.9. The molecular formula is C28H54O9. The fraction of sp³-hybridized carbons (Fsp3) is 0.929. The van der Waals surface area contributed by atoms with Gasteiger partial charge < -0.3 is 33.2 Å². The van der Waals surface area contributed by atoms with E-state index in [4.69, 9.17) is 33.2 Å². The van der Waals surface area contributed by atoms with Gasteiger partial charge in [0.1, 0.15) is 11.6 Å². The minimum Gasteiger partial charge on any atom is -0.379 e. The lowest BCUT2D eigenvalue weighted by atomic mass is 10.0. The first-order valence-electron chi connectivity index (χ1n) is 14.0. The predicted octanol–water partition coefficient (Wildman–Crippen LogP) is 3.89. The van der Waals surface area contributed by atoms with Crippen LogP contribution in [0.5, 0.6) is 0 Å². The molecule has 0 saturated heterocycles. The summed E-state index contributed by atoms with van der Waals surface area (Å²) in [5.41, 5.74) is 0. The molecule has 0 heterocycles. The van der Waals surface area contributed by atoms with Gasteiger partial charge in [0.15, 0.2) is 0 Å². The average molecular weight is 535 g/mol. The molecule has 0 rings (SSSR count). The van der Waals surface area contributed by atoms with Crippen molar-refractivity contribution >= 4 is 11.6 Å². The highest BCUT2D eigenvalue weighted by molar-refractivity contribution is 5.78. The van der Waals surface area contributed by atoms with Crippen molar-refractivity contribution in [1.82, 2.24) is 0 Å². The Kier molecular flexibility index (Phi) is 27.4. The summed E-state index contributed by atoms with van der Waals surface area (Å²) < 4.78 is 38.2. The first-order valence-corrected chi connectivity index (χ1v) is 14.0. The minimum absolute atomic E-state index is 0.311. The van der Waals surface area contributed by atoms with Crippen molar-refractivity contribution in [2.24, 2.45) is 11.8 Å². The molecule has 0 unspecified atom stereocenters. The molecule has 0 aromatic rings. The number of hydrogen-bond donors (Lipinski definition) is 0. The third kappa shape index (κ3) is 31.2. The van der Waals surface area contributed by atoms with E-state index in [2.05, 4.69) is 27.7 Å². The van der Waals surface area contributed by atoms with E-state index in [-0.39, 0.29) is 0 Å². The quantitative estimate of drug-likeness (QED) is 0.127. The van der Waals surface area contributed by atoms with Crippen LogP contribution in [0.2, 0.25) is 0 Å².